The molecule has 0 radical (unpaired) electrons. The Morgan fingerprint density at radius 1 is 1.22 bits per heavy atom. The first-order chi connectivity index (χ1) is 13.1. The van der Waals surface area contributed by atoms with E-state index < -0.39 is 0 Å². The smallest absolute Gasteiger partial charge is 0.317 e. The second kappa shape index (κ2) is 9.20. The van der Waals surface area contributed by atoms with Crippen LogP contribution in [0.1, 0.15) is 57.1 Å². The highest BCUT2D eigenvalue weighted by molar-refractivity contribution is 5.75. The Labute approximate surface area is 160 Å². The van der Waals surface area contributed by atoms with Crippen molar-refractivity contribution in [3.05, 3.63) is 35.6 Å². The molecule has 0 spiro atoms. The first-order valence-electron chi connectivity index (χ1n) is 10.0. The predicted octanol–water partition coefficient (Wildman–Crippen LogP) is 4.04. The van der Waals surface area contributed by atoms with E-state index in [0.717, 1.165) is 44.1 Å². The van der Waals surface area contributed by atoms with Crippen molar-refractivity contribution < 1.29 is 18.7 Å². The number of hydrogen-bond acceptors (Lipinski definition) is 3. The van der Waals surface area contributed by atoms with E-state index in [-0.39, 0.29) is 29.8 Å². The van der Waals surface area contributed by atoms with E-state index in [0.29, 0.717) is 25.6 Å². The van der Waals surface area contributed by atoms with Gasteiger partial charge >= 0.3 is 12.0 Å². The highest BCUT2D eigenvalue weighted by atomic mass is 19.1. The van der Waals surface area contributed by atoms with E-state index in [1.807, 2.05) is 17.9 Å². The second-order valence-corrected chi connectivity index (χ2v) is 7.56. The molecule has 2 aliphatic rings. The van der Waals surface area contributed by atoms with Gasteiger partial charge in [-0.15, -0.1) is 0 Å². The molecule has 0 bridgehead atoms. The van der Waals surface area contributed by atoms with Crippen LogP contribution in [0.25, 0.3) is 0 Å². The number of halogens is 1. The van der Waals surface area contributed by atoms with Crippen LogP contribution in [0.4, 0.5) is 9.18 Å². The van der Waals surface area contributed by atoms with Gasteiger partial charge in [-0.3, -0.25) is 4.79 Å². The Hall–Kier alpha value is -2.11. The molecule has 1 aliphatic carbocycles. The van der Waals surface area contributed by atoms with Crippen LogP contribution in [0, 0.1) is 17.7 Å². The summed E-state index contributed by atoms with van der Waals surface area (Å²) in [6.45, 7) is 3.58. The van der Waals surface area contributed by atoms with Gasteiger partial charge in [0, 0.05) is 13.1 Å². The third-order valence-corrected chi connectivity index (χ3v) is 5.76. The Morgan fingerprint density at radius 2 is 2.00 bits per heavy atom. The topological polar surface area (TPSA) is 58.6 Å². The highest BCUT2D eigenvalue weighted by Gasteiger charge is 2.31. The zero-order valence-corrected chi connectivity index (χ0v) is 16.0. The van der Waals surface area contributed by atoms with Crippen molar-refractivity contribution in [2.24, 2.45) is 11.8 Å². The van der Waals surface area contributed by atoms with Crippen molar-refractivity contribution in [3.8, 4) is 0 Å². The average Bonchev–Trinajstić information content (AvgIpc) is 3.17. The third-order valence-electron chi connectivity index (χ3n) is 5.76. The maximum atomic E-state index is 13.5. The van der Waals surface area contributed by atoms with Gasteiger partial charge in [-0.05, 0) is 69.1 Å². The van der Waals surface area contributed by atoms with E-state index in [1.54, 1.807) is 6.07 Å². The van der Waals surface area contributed by atoms with Gasteiger partial charge < -0.3 is 15.0 Å². The summed E-state index contributed by atoms with van der Waals surface area (Å²) in [5.41, 5.74) is 0.859. The van der Waals surface area contributed by atoms with Crippen molar-refractivity contribution in [1.82, 2.24) is 10.2 Å². The van der Waals surface area contributed by atoms with Gasteiger partial charge in [-0.25, -0.2) is 9.18 Å². The molecule has 0 unspecified atom stereocenters. The fraction of sp³-hybridized carbons (Fsp3) is 0.619. The molecule has 0 aromatic heterocycles. The molecule has 2 amide bonds. The Morgan fingerprint density at radius 3 is 2.70 bits per heavy atom. The molecule has 1 aromatic rings. The average molecular weight is 376 g/mol. The van der Waals surface area contributed by atoms with Crippen LogP contribution in [0.5, 0.6) is 0 Å². The minimum absolute atomic E-state index is 0.00726. The van der Waals surface area contributed by atoms with Crippen LogP contribution in [-0.2, 0) is 9.53 Å². The molecule has 1 atom stereocenters. The number of likely N-dealkylation sites (tertiary alicyclic amines) is 1. The molecule has 1 aromatic carbocycles. The molecular weight excluding hydrogens is 347 g/mol. The van der Waals surface area contributed by atoms with Gasteiger partial charge in [-0.1, -0.05) is 12.1 Å². The van der Waals surface area contributed by atoms with Crippen LogP contribution < -0.4 is 5.32 Å². The van der Waals surface area contributed by atoms with E-state index in [9.17, 15) is 14.0 Å². The predicted molar refractivity (Wildman–Crippen MR) is 101 cm³/mol. The number of carbonyl (C=O) groups excluding carboxylic acids is 2. The number of esters is 1. The molecule has 27 heavy (non-hydrogen) atoms. The number of hydrogen-bond donors (Lipinski definition) is 1. The fourth-order valence-electron chi connectivity index (χ4n) is 4.27. The van der Waals surface area contributed by atoms with Crippen LogP contribution in [0.2, 0.25) is 0 Å². The van der Waals surface area contributed by atoms with Crippen molar-refractivity contribution in [3.63, 3.8) is 0 Å². The van der Waals surface area contributed by atoms with E-state index in [4.69, 9.17) is 4.74 Å². The lowest BCUT2D eigenvalue weighted by atomic mass is 9.82. The van der Waals surface area contributed by atoms with Gasteiger partial charge in [0.1, 0.15) is 5.82 Å². The Balaban J connectivity index is 1.47. The molecule has 1 aliphatic heterocycles. The lowest BCUT2D eigenvalue weighted by Gasteiger charge is -2.29. The number of carbonyl (C=O) groups is 2. The molecule has 1 heterocycles. The van der Waals surface area contributed by atoms with Crippen molar-refractivity contribution in [2.45, 2.75) is 51.5 Å². The molecule has 1 N–H and O–H groups in total. The van der Waals surface area contributed by atoms with Gasteiger partial charge in [0.05, 0.1) is 18.6 Å². The summed E-state index contributed by atoms with van der Waals surface area (Å²) in [6, 6.07) is 6.40. The molecule has 1 saturated heterocycles. The molecule has 6 heteroatoms. The maximum absolute atomic E-state index is 13.5. The van der Waals surface area contributed by atoms with Gasteiger partial charge in [0.2, 0.25) is 0 Å². The van der Waals surface area contributed by atoms with Crippen LogP contribution in [-0.4, -0.2) is 36.6 Å². The molecule has 5 nitrogen and oxygen atoms in total. The van der Waals surface area contributed by atoms with Gasteiger partial charge in [-0.2, -0.15) is 0 Å². The van der Waals surface area contributed by atoms with E-state index >= 15 is 0 Å². The SMILES string of the molecule is CCOC(=O)C1CCC(CNC(=O)N2CCC[C@@H]2c2cccc(F)c2)CC1. The van der Waals surface area contributed by atoms with E-state index in [1.165, 1.54) is 12.1 Å². The second-order valence-electron chi connectivity index (χ2n) is 7.56. The molecule has 1 saturated carbocycles. The fourth-order valence-corrected chi connectivity index (χ4v) is 4.27. The maximum Gasteiger partial charge on any atom is 0.317 e. The molecule has 3 rings (SSSR count). The van der Waals surface area contributed by atoms with Gasteiger partial charge in [0.25, 0.3) is 0 Å². The number of benzene rings is 1. The van der Waals surface area contributed by atoms with Crippen LogP contribution in [0.3, 0.4) is 0 Å². The standard InChI is InChI=1S/C21H29FN2O3/c1-2-27-20(25)16-10-8-15(9-11-16)14-23-21(26)24-12-4-7-19(24)17-5-3-6-18(22)13-17/h3,5-6,13,15-16,19H,2,4,7-12,14H2,1H3,(H,23,26)/t15?,16?,19-/m1/s1. The number of nitrogens with zero attached hydrogens (tertiary/aromatic N) is 1. The van der Waals surface area contributed by atoms with Crippen molar-refractivity contribution in [1.29, 1.82) is 0 Å². The molecular formula is C21H29FN2O3. The number of amides is 2. The minimum Gasteiger partial charge on any atom is -0.466 e. The summed E-state index contributed by atoms with van der Waals surface area (Å²) in [4.78, 5) is 26.3. The Bertz CT molecular complexity index is 659. The van der Waals surface area contributed by atoms with Gasteiger partial charge in [0.15, 0.2) is 0 Å². The number of ether oxygens (including phenoxy) is 1. The molecule has 2 fully saturated rings. The summed E-state index contributed by atoms with van der Waals surface area (Å²) < 4.78 is 18.6. The summed E-state index contributed by atoms with van der Waals surface area (Å²) in [7, 11) is 0. The van der Waals surface area contributed by atoms with E-state index in [2.05, 4.69) is 5.32 Å². The monoisotopic (exact) mass is 376 g/mol. The lowest BCUT2D eigenvalue weighted by molar-refractivity contribution is -0.149. The van der Waals surface area contributed by atoms with Crippen LogP contribution >= 0.6 is 0 Å². The number of rotatable bonds is 5. The summed E-state index contributed by atoms with van der Waals surface area (Å²) in [6.07, 6.45) is 5.30. The largest absolute Gasteiger partial charge is 0.466 e. The lowest BCUT2D eigenvalue weighted by Crippen LogP contribution is -2.42. The first-order valence-corrected chi connectivity index (χ1v) is 10.0. The summed E-state index contributed by atoms with van der Waals surface area (Å²) in [5, 5.41) is 3.05. The summed E-state index contributed by atoms with van der Waals surface area (Å²) in [5.74, 6) is 0.0517. The zero-order chi connectivity index (χ0) is 19.2. The summed E-state index contributed by atoms with van der Waals surface area (Å²) >= 11 is 0. The Kier molecular flexibility index (Phi) is 6.69. The number of nitrogens with one attached hydrogen (secondary N) is 1. The normalized spacial score (nSPS) is 25.3. The number of urea groups is 1. The quantitative estimate of drug-likeness (QED) is 0.789. The van der Waals surface area contributed by atoms with Crippen molar-refractivity contribution >= 4 is 12.0 Å². The third kappa shape index (κ3) is 4.99. The molecule has 148 valence electrons. The highest BCUT2D eigenvalue weighted by Crippen LogP contribution is 2.33. The van der Waals surface area contributed by atoms with Crippen LogP contribution in [0.15, 0.2) is 24.3 Å². The van der Waals surface area contributed by atoms with Crippen molar-refractivity contribution in [2.75, 3.05) is 19.7 Å². The first kappa shape index (κ1) is 19.6. The minimum atomic E-state index is -0.266. The zero-order valence-electron chi connectivity index (χ0n) is 16.0.